The molecule has 0 fully saturated rings. The van der Waals surface area contributed by atoms with E-state index < -0.39 is 0 Å². The molecule has 0 aliphatic heterocycles. The van der Waals surface area contributed by atoms with Gasteiger partial charge in [-0.25, -0.2) is 4.39 Å². The van der Waals surface area contributed by atoms with E-state index in [1.807, 2.05) is 6.07 Å². The number of rotatable bonds is 4. The first-order valence-corrected chi connectivity index (χ1v) is 6.22. The van der Waals surface area contributed by atoms with Crippen LogP contribution in [0.4, 0.5) is 4.39 Å². The van der Waals surface area contributed by atoms with Crippen LogP contribution in [0.25, 0.3) is 0 Å². The van der Waals surface area contributed by atoms with Crippen LogP contribution in [0.3, 0.4) is 0 Å². The molecule has 0 atom stereocenters. The van der Waals surface area contributed by atoms with E-state index >= 15 is 0 Å². The van der Waals surface area contributed by atoms with Gasteiger partial charge in [-0.3, -0.25) is 0 Å². The van der Waals surface area contributed by atoms with Crippen LogP contribution in [0.15, 0.2) is 24.3 Å². The van der Waals surface area contributed by atoms with E-state index in [9.17, 15) is 4.39 Å². The molecule has 0 amide bonds. The van der Waals surface area contributed by atoms with Gasteiger partial charge in [0, 0.05) is 5.54 Å². The third-order valence-electron chi connectivity index (χ3n) is 3.01. The standard InChI is InChI=1S/C15H24FN/c1-14(2,3)17-10-9-15(4,5)12-7-6-8-13(16)11-12/h6-8,11,17H,9-10H2,1-5H3. The zero-order chi connectivity index (χ0) is 13.1. The van der Waals surface area contributed by atoms with Gasteiger partial charge in [-0.1, -0.05) is 26.0 Å². The molecule has 0 heterocycles. The van der Waals surface area contributed by atoms with Gasteiger partial charge in [-0.15, -0.1) is 0 Å². The smallest absolute Gasteiger partial charge is 0.123 e. The molecule has 1 nitrogen and oxygen atoms in total. The predicted octanol–water partition coefficient (Wildman–Crippen LogP) is 3.88. The van der Waals surface area contributed by atoms with E-state index in [1.165, 1.54) is 6.07 Å². The molecular weight excluding hydrogens is 213 g/mol. The molecular formula is C15H24FN. The van der Waals surface area contributed by atoms with E-state index in [0.29, 0.717) is 0 Å². The molecule has 1 N–H and O–H groups in total. The number of hydrogen-bond donors (Lipinski definition) is 1. The van der Waals surface area contributed by atoms with E-state index in [0.717, 1.165) is 18.5 Å². The molecule has 0 aliphatic carbocycles. The molecule has 0 aromatic heterocycles. The summed E-state index contributed by atoms with van der Waals surface area (Å²) in [6.07, 6.45) is 0.994. The van der Waals surface area contributed by atoms with Gasteiger partial charge in [-0.2, -0.15) is 0 Å². The van der Waals surface area contributed by atoms with Crippen molar-refractivity contribution in [1.82, 2.24) is 5.32 Å². The Morgan fingerprint density at radius 3 is 2.29 bits per heavy atom. The van der Waals surface area contributed by atoms with Gasteiger partial charge in [0.2, 0.25) is 0 Å². The van der Waals surface area contributed by atoms with Crippen molar-refractivity contribution in [3.05, 3.63) is 35.6 Å². The molecule has 0 saturated carbocycles. The molecule has 96 valence electrons. The third-order valence-corrected chi connectivity index (χ3v) is 3.01. The first kappa shape index (κ1) is 14.2. The summed E-state index contributed by atoms with van der Waals surface area (Å²) >= 11 is 0. The van der Waals surface area contributed by atoms with Crippen molar-refractivity contribution in [3.8, 4) is 0 Å². The van der Waals surface area contributed by atoms with E-state index in [4.69, 9.17) is 0 Å². The quantitative estimate of drug-likeness (QED) is 0.838. The van der Waals surface area contributed by atoms with Crippen LogP contribution in [0, 0.1) is 5.82 Å². The SMILES string of the molecule is CC(C)(C)NCCC(C)(C)c1cccc(F)c1. The summed E-state index contributed by atoms with van der Waals surface area (Å²) in [4.78, 5) is 0. The van der Waals surface area contributed by atoms with Crippen LogP contribution < -0.4 is 5.32 Å². The van der Waals surface area contributed by atoms with Gasteiger partial charge < -0.3 is 5.32 Å². The maximum Gasteiger partial charge on any atom is 0.123 e. The largest absolute Gasteiger partial charge is 0.312 e. The zero-order valence-corrected chi connectivity index (χ0v) is 11.6. The molecule has 1 rings (SSSR count). The third kappa shape index (κ3) is 4.86. The van der Waals surface area contributed by atoms with Crippen LogP contribution in [0.1, 0.15) is 46.6 Å². The summed E-state index contributed by atoms with van der Waals surface area (Å²) in [5, 5.41) is 3.47. The summed E-state index contributed by atoms with van der Waals surface area (Å²) in [6.45, 7) is 11.7. The van der Waals surface area contributed by atoms with Crippen LogP contribution >= 0.6 is 0 Å². The Balaban J connectivity index is 2.62. The summed E-state index contributed by atoms with van der Waals surface area (Å²) in [7, 11) is 0. The monoisotopic (exact) mass is 237 g/mol. The molecule has 1 aromatic carbocycles. The van der Waals surface area contributed by atoms with Crippen molar-refractivity contribution < 1.29 is 4.39 Å². The Kier molecular flexibility index (Phi) is 4.31. The number of halogens is 1. The molecule has 0 unspecified atom stereocenters. The highest BCUT2D eigenvalue weighted by atomic mass is 19.1. The van der Waals surface area contributed by atoms with Crippen molar-refractivity contribution >= 4 is 0 Å². The van der Waals surface area contributed by atoms with Crippen LogP contribution in [0.5, 0.6) is 0 Å². The molecule has 0 saturated heterocycles. The van der Waals surface area contributed by atoms with E-state index in [2.05, 4.69) is 39.9 Å². The lowest BCUT2D eigenvalue weighted by Gasteiger charge is -2.28. The lowest BCUT2D eigenvalue weighted by atomic mass is 9.81. The van der Waals surface area contributed by atoms with Gasteiger partial charge in [0.1, 0.15) is 5.82 Å². The Labute approximate surface area is 104 Å². The van der Waals surface area contributed by atoms with Gasteiger partial charge in [0.05, 0.1) is 0 Å². The van der Waals surface area contributed by atoms with Crippen LogP contribution in [0.2, 0.25) is 0 Å². The van der Waals surface area contributed by atoms with Crippen LogP contribution in [-0.4, -0.2) is 12.1 Å². The van der Waals surface area contributed by atoms with E-state index in [1.54, 1.807) is 12.1 Å². The Morgan fingerprint density at radius 2 is 1.76 bits per heavy atom. The van der Waals surface area contributed by atoms with Crippen molar-refractivity contribution in [3.63, 3.8) is 0 Å². The van der Waals surface area contributed by atoms with Gasteiger partial charge in [0.25, 0.3) is 0 Å². The number of nitrogens with one attached hydrogen (secondary N) is 1. The zero-order valence-electron chi connectivity index (χ0n) is 11.6. The minimum absolute atomic E-state index is 0.000347. The maximum absolute atomic E-state index is 13.2. The average molecular weight is 237 g/mol. The minimum Gasteiger partial charge on any atom is -0.312 e. The lowest BCUT2D eigenvalue weighted by molar-refractivity contribution is 0.378. The molecule has 2 heteroatoms. The van der Waals surface area contributed by atoms with Gasteiger partial charge in [0.15, 0.2) is 0 Å². The second-order valence-corrected chi connectivity index (χ2v) is 6.32. The maximum atomic E-state index is 13.2. The summed E-state index contributed by atoms with van der Waals surface area (Å²) in [6, 6.07) is 6.91. The van der Waals surface area contributed by atoms with E-state index in [-0.39, 0.29) is 16.8 Å². The van der Waals surface area contributed by atoms with Crippen molar-refractivity contribution in [2.75, 3.05) is 6.54 Å². The molecule has 0 radical (unpaired) electrons. The minimum atomic E-state index is -0.153. The average Bonchev–Trinajstić information content (AvgIpc) is 2.15. The summed E-state index contributed by atoms with van der Waals surface area (Å²) in [5.41, 5.74) is 1.20. The topological polar surface area (TPSA) is 12.0 Å². The highest BCUT2D eigenvalue weighted by Gasteiger charge is 2.21. The molecule has 0 aliphatic rings. The fraction of sp³-hybridized carbons (Fsp3) is 0.600. The Hall–Kier alpha value is -0.890. The molecule has 0 spiro atoms. The fourth-order valence-corrected chi connectivity index (χ4v) is 1.80. The summed E-state index contributed by atoms with van der Waals surface area (Å²) < 4.78 is 13.2. The second-order valence-electron chi connectivity index (χ2n) is 6.32. The Morgan fingerprint density at radius 1 is 1.12 bits per heavy atom. The predicted molar refractivity (Wildman–Crippen MR) is 71.8 cm³/mol. The summed E-state index contributed by atoms with van der Waals surface area (Å²) in [5.74, 6) is -0.153. The second kappa shape index (κ2) is 5.18. The van der Waals surface area contributed by atoms with Crippen molar-refractivity contribution in [1.29, 1.82) is 0 Å². The van der Waals surface area contributed by atoms with Gasteiger partial charge in [-0.05, 0) is 56.8 Å². The first-order valence-electron chi connectivity index (χ1n) is 6.22. The number of benzene rings is 1. The first-order chi connectivity index (χ1) is 7.71. The van der Waals surface area contributed by atoms with Crippen molar-refractivity contribution in [2.45, 2.75) is 52.0 Å². The Bertz CT molecular complexity index is 363. The fourth-order valence-electron chi connectivity index (χ4n) is 1.80. The lowest BCUT2D eigenvalue weighted by Crippen LogP contribution is -2.38. The highest BCUT2D eigenvalue weighted by molar-refractivity contribution is 5.24. The number of hydrogen-bond acceptors (Lipinski definition) is 1. The van der Waals surface area contributed by atoms with Crippen LogP contribution in [-0.2, 0) is 5.41 Å². The molecule has 17 heavy (non-hydrogen) atoms. The normalized spacial score (nSPS) is 12.8. The van der Waals surface area contributed by atoms with Crippen molar-refractivity contribution in [2.24, 2.45) is 0 Å². The highest BCUT2D eigenvalue weighted by Crippen LogP contribution is 2.27. The van der Waals surface area contributed by atoms with Gasteiger partial charge >= 0.3 is 0 Å². The molecule has 0 bridgehead atoms. The molecule has 1 aromatic rings.